The number of rotatable bonds is 7. The minimum atomic E-state index is -0.362. The molecule has 8 heteroatoms. The van der Waals surface area contributed by atoms with Gasteiger partial charge in [0.25, 0.3) is 5.91 Å². The molecule has 3 aromatic carbocycles. The van der Waals surface area contributed by atoms with E-state index in [1.165, 1.54) is 11.3 Å². The average Bonchev–Trinajstić information content (AvgIpc) is 3.37. The molecule has 0 bridgehead atoms. The van der Waals surface area contributed by atoms with Gasteiger partial charge >= 0.3 is 0 Å². The smallest absolute Gasteiger partial charge is 0.262 e. The van der Waals surface area contributed by atoms with Gasteiger partial charge in [-0.1, -0.05) is 24.3 Å². The lowest BCUT2D eigenvalue weighted by atomic mass is 10.1. The van der Waals surface area contributed by atoms with E-state index in [-0.39, 0.29) is 11.5 Å². The molecule has 0 aliphatic carbocycles. The molecule has 0 fully saturated rings. The van der Waals surface area contributed by atoms with Crippen LogP contribution >= 0.6 is 11.3 Å². The van der Waals surface area contributed by atoms with Crippen LogP contribution in [0.25, 0.3) is 22.2 Å². The number of nitrogens with zero attached hydrogens (tertiary/aromatic N) is 2. The Hall–Kier alpha value is -4.43. The van der Waals surface area contributed by atoms with Crippen molar-refractivity contribution in [2.24, 2.45) is 4.99 Å². The van der Waals surface area contributed by atoms with E-state index in [1.807, 2.05) is 79.0 Å². The number of amides is 1. The lowest BCUT2D eigenvalue weighted by Gasteiger charge is -2.06. The summed E-state index contributed by atoms with van der Waals surface area (Å²) in [5, 5.41) is 6.06. The first-order valence-corrected chi connectivity index (χ1v) is 12.2. The summed E-state index contributed by atoms with van der Waals surface area (Å²) in [6, 6.07) is 24.2. The van der Waals surface area contributed by atoms with E-state index in [0.29, 0.717) is 34.3 Å². The van der Waals surface area contributed by atoms with Crippen molar-refractivity contribution < 1.29 is 18.7 Å². The Morgan fingerprint density at radius 1 is 1.03 bits per heavy atom. The Labute approximate surface area is 211 Å². The Kier molecular flexibility index (Phi) is 6.77. The standard InChI is InChI=1S/C28H23N3O4S/c1-3-34-21-13-11-18(12-14-21)24-17-36-28(30-24)31-26(32)23-15-19-7-4-5-10-25(19)35-27(23)29-20-8-6-9-22(16-20)33-2/h4-17H,3H2,1-2H3,(H,30,31,32). The SMILES string of the molecule is CCOc1ccc(-c2csc(NC(=O)c3cc4ccccc4oc3=Nc3cccc(OC)c3)n2)cc1. The number of carbonyl (C=O) groups excluding carboxylic acids is 1. The Morgan fingerprint density at radius 2 is 1.86 bits per heavy atom. The van der Waals surface area contributed by atoms with E-state index in [9.17, 15) is 4.79 Å². The number of methoxy groups -OCH3 is 1. The zero-order valence-electron chi connectivity index (χ0n) is 19.7. The van der Waals surface area contributed by atoms with Gasteiger partial charge in [-0.2, -0.15) is 0 Å². The first-order valence-electron chi connectivity index (χ1n) is 11.3. The maximum absolute atomic E-state index is 13.3. The molecule has 2 heterocycles. The van der Waals surface area contributed by atoms with Crippen LogP contribution in [0.15, 0.2) is 93.7 Å². The van der Waals surface area contributed by atoms with Gasteiger partial charge in [0.2, 0.25) is 5.55 Å². The molecule has 2 aromatic heterocycles. The zero-order chi connectivity index (χ0) is 24.9. The summed E-state index contributed by atoms with van der Waals surface area (Å²) in [5.41, 5.74) is 3.43. The highest BCUT2D eigenvalue weighted by atomic mass is 32.1. The summed E-state index contributed by atoms with van der Waals surface area (Å²) in [5.74, 6) is 1.10. The maximum atomic E-state index is 13.3. The molecule has 180 valence electrons. The number of aromatic nitrogens is 1. The summed E-state index contributed by atoms with van der Waals surface area (Å²) >= 11 is 1.35. The fraction of sp³-hybridized carbons (Fsp3) is 0.107. The fourth-order valence-electron chi connectivity index (χ4n) is 3.63. The number of anilines is 1. The highest BCUT2D eigenvalue weighted by Gasteiger charge is 2.15. The van der Waals surface area contributed by atoms with Crippen LogP contribution in [0.2, 0.25) is 0 Å². The van der Waals surface area contributed by atoms with Crippen LogP contribution in [0.3, 0.4) is 0 Å². The third kappa shape index (κ3) is 5.13. The van der Waals surface area contributed by atoms with Gasteiger partial charge in [-0.3, -0.25) is 10.1 Å². The van der Waals surface area contributed by atoms with E-state index in [1.54, 1.807) is 19.2 Å². The second-order valence-electron chi connectivity index (χ2n) is 7.77. The molecule has 0 radical (unpaired) electrons. The van der Waals surface area contributed by atoms with Crippen molar-refractivity contribution in [2.45, 2.75) is 6.92 Å². The fourth-order valence-corrected chi connectivity index (χ4v) is 4.34. The molecule has 0 saturated heterocycles. The number of para-hydroxylation sites is 1. The topological polar surface area (TPSA) is 86.0 Å². The van der Waals surface area contributed by atoms with Gasteiger partial charge in [0, 0.05) is 22.4 Å². The second kappa shape index (κ2) is 10.5. The van der Waals surface area contributed by atoms with E-state index in [4.69, 9.17) is 13.9 Å². The van der Waals surface area contributed by atoms with Crippen molar-refractivity contribution in [3.8, 4) is 22.8 Å². The molecule has 5 rings (SSSR count). The lowest BCUT2D eigenvalue weighted by molar-refractivity contribution is 0.102. The van der Waals surface area contributed by atoms with E-state index in [0.717, 1.165) is 22.4 Å². The number of ether oxygens (including phenoxy) is 2. The van der Waals surface area contributed by atoms with Gasteiger partial charge in [0.15, 0.2) is 5.13 Å². The first-order chi connectivity index (χ1) is 17.6. The summed E-state index contributed by atoms with van der Waals surface area (Å²) in [7, 11) is 1.59. The number of nitrogens with one attached hydrogen (secondary N) is 1. The summed E-state index contributed by atoms with van der Waals surface area (Å²) in [4.78, 5) is 22.5. The number of benzene rings is 3. The number of fused-ring (bicyclic) bond motifs is 1. The molecular weight excluding hydrogens is 474 g/mol. The van der Waals surface area contributed by atoms with Crippen molar-refractivity contribution in [3.05, 3.63) is 95.4 Å². The zero-order valence-corrected chi connectivity index (χ0v) is 20.5. The molecule has 36 heavy (non-hydrogen) atoms. The summed E-state index contributed by atoms with van der Waals surface area (Å²) in [6.07, 6.45) is 0. The predicted molar refractivity (Wildman–Crippen MR) is 141 cm³/mol. The van der Waals surface area contributed by atoms with Gasteiger partial charge in [-0.05, 0) is 55.5 Å². The lowest BCUT2D eigenvalue weighted by Crippen LogP contribution is -2.21. The summed E-state index contributed by atoms with van der Waals surface area (Å²) < 4.78 is 16.8. The maximum Gasteiger partial charge on any atom is 0.262 e. The van der Waals surface area contributed by atoms with Gasteiger partial charge in [0.05, 0.1) is 25.1 Å². The van der Waals surface area contributed by atoms with E-state index in [2.05, 4.69) is 15.3 Å². The van der Waals surface area contributed by atoms with Gasteiger partial charge in [-0.15, -0.1) is 11.3 Å². The third-order valence-corrected chi connectivity index (χ3v) is 6.13. The Morgan fingerprint density at radius 3 is 2.67 bits per heavy atom. The van der Waals surface area contributed by atoms with Crippen molar-refractivity contribution in [1.82, 2.24) is 4.98 Å². The molecule has 1 amide bonds. The number of hydrogen-bond acceptors (Lipinski definition) is 7. The minimum absolute atomic E-state index is 0.197. The predicted octanol–water partition coefficient (Wildman–Crippen LogP) is 6.45. The van der Waals surface area contributed by atoms with E-state index >= 15 is 0 Å². The third-order valence-electron chi connectivity index (χ3n) is 5.37. The molecule has 0 atom stereocenters. The molecule has 0 unspecified atom stereocenters. The van der Waals surface area contributed by atoms with Crippen LogP contribution in [-0.4, -0.2) is 24.6 Å². The van der Waals surface area contributed by atoms with Crippen LogP contribution in [-0.2, 0) is 0 Å². The molecule has 0 aliphatic rings. The minimum Gasteiger partial charge on any atom is -0.497 e. The quantitative estimate of drug-likeness (QED) is 0.279. The number of thiazole rings is 1. The Bertz CT molecular complexity index is 1590. The Balaban J connectivity index is 1.47. The first kappa shape index (κ1) is 23.3. The van der Waals surface area contributed by atoms with Crippen molar-refractivity contribution in [2.75, 3.05) is 19.0 Å². The number of carbonyl (C=O) groups is 1. The normalized spacial score (nSPS) is 11.4. The second-order valence-corrected chi connectivity index (χ2v) is 8.62. The van der Waals surface area contributed by atoms with Crippen molar-refractivity contribution in [1.29, 1.82) is 0 Å². The molecular formula is C28H23N3O4S. The van der Waals surface area contributed by atoms with Gasteiger partial charge < -0.3 is 13.9 Å². The molecule has 0 aliphatic heterocycles. The highest BCUT2D eigenvalue weighted by molar-refractivity contribution is 7.14. The summed E-state index contributed by atoms with van der Waals surface area (Å²) in [6.45, 7) is 2.56. The van der Waals surface area contributed by atoms with Crippen LogP contribution in [0.5, 0.6) is 11.5 Å². The monoisotopic (exact) mass is 497 g/mol. The van der Waals surface area contributed by atoms with Crippen molar-refractivity contribution in [3.63, 3.8) is 0 Å². The molecule has 0 spiro atoms. The van der Waals surface area contributed by atoms with Crippen molar-refractivity contribution >= 4 is 39.0 Å². The van der Waals surface area contributed by atoms with Crippen LogP contribution in [0.1, 0.15) is 17.3 Å². The van der Waals surface area contributed by atoms with Gasteiger partial charge in [-0.25, -0.2) is 9.98 Å². The number of hydrogen-bond donors (Lipinski definition) is 1. The van der Waals surface area contributed by atoms with E-state index < -0.39 is 0 Å². The molecule has 1 N–H and O–H groups in total. The van der Waals surface area contributed by atoms with Crippen LogP contribution in [0.4, 0.5) is 10.8 Å². The molecule has 0 saturated carbocycles. The van der Waals surface area contributed by atoms with Crippen LogP contribution in [0, 0.1) is 0 Å². The molecule has 5 aromatic rings. The highest BCUT2D eigenvalue weighted by Crippen LogP contribution is 2.27. The molecule has 7 nitrogen and oxygen atoms in total. The van der Waals surface area contributed by atoms with Crippen LogP contribution < -0.4 is 20.3 Å². The van der Waals surface area contributed by atoms with Gasteiger partial charge in [0.1, 0.15) is 22.6 Å². The average molecular weight is 498 g/mol. The largest absolute Gasteiger partial charge is 0.497 e.